The smallest absolute Gasteiger partial charge is 0.0654 e. The Kier molecular flexibility index (Phi) is 4.48. The third kappa shape index (κ3) is 3.03. The molecular weight excluding hydrogens is 243 g/mol. The summed E-state index contributed by atoms with van der Waals surface area (Å²) in [5.41, 5.74) is 0.984. The van der Waals surface area contributed by atoms with Gasteiger partial charge in [-0.15, -0.1) is 0 Å². The van der Waals surface area contributed by atoms with Gasteiger partial charge in [-0.3, -0.25) is 0 Å². The fourth-order valence-corrected chi connectivity index (χ4v) is 2.17. The van der Waals surface area contributed by atoms with E-state index in [1.54, 1.807) is 6.07 Å². The van der Waals surface area contributed by atoms with Crippen molar-refractivity contribution in [2.45, 2.75) is 19.4 Å². The van der Waals surface area contributed by atoms with Crippen molar-refractivity contribution in [3.8, 4) is 0 Å². The average Bonchev–Trinajstić information content (AvgIpc) is 2.16. The quantitative estimate of drug-likeness (QED) is 0.893. The number of likely N-dealkylation sites (N-methyl/N-ethyl adjacent to an activating group) is 2. The predicted octanol–water partition coefficient (Wildman–Crippen LogP) is 3.43. The van der Waals surface area contributed by atoms with E-state index < -0.39 is 0 Å². The first-order valence-corrected chi connectivity index (χ1v) is 5.97. The molecule has 4 heteroatoms. The number of anilines is 1. The predicted molar refractivity (Wildman–Crippen MR) is 72.9 cm³/mol. The Bertz CT molecular complexity index is 364. The Labute approximate surface area is 108 Å². The molecule has 0 heterocycles. The monoisotopic (exact) mass is 260 g/mol. The van der Waals surface area contributed by atoms with Crippen molar-refractivity contribution in [3.63, 3.8) is 0 Å². The van der Waals surface area contributed by atoms with Gasteiger partial charge in [0.2, 0.25) is 0 Å². The molecule has 0 aromatic heterocycles. The molecule has 1 rings (SSSR count). The summed E-state index contributed by atoms with van der Waals surface area (Å²) in [5, 5.41) is 4.52. The Morgan fingerprint density at radius 3 is 2.44 bits per heavy atom. The van der Waals surface area contributed by atoms with Gasteiger partial charge in [-0.1, -0.05) is 23.2 Å². The van der Waals surface area contributed by atoms with Crippen LogP contribution in [0.25, 0.3) is 0 Å². The van der Waals surface area contributed by atoms with Crippen LogP contribution in [0.4, 0.5) is 5.69 Å². The second kappa shape index (κ2) is 5.26. The molecule has 1 N–H and O–H groups in total. The van der Waals surface area contributed by atoms with E-state index in [4.69, 9.17) is 23.2 Å². The van der Waals surface area contributed by atoms with E-state index >= 15 is 0 Å². The molecule has 0 saturated carbocycles. The van der Waals surface area contributed by atoms with E-state index in [2.05, 4.69) is 24.1 Å². The third-order valence-corrected chi connectivity index (χ3v) is 3.33. The van der Waals surface area contributed by atoms with Gasteiger partial charge in [0.05, 0.1) is 10.7 Å². The van der Waals surface area contributed by atoms with Crippen molar-refractivity contribution in [2.75, 3.05) is 25.5 Å². The van der Waals surface area contributed by atoms with E-state index in [-0.39, 0.29) is 5.54 Å². The highest BCUT2D eigenvalue weighted by atomic mass is 35.5. The topological polar surface area (TPSA) is 15.3 Å². The molecule has 0 radical (unpaired) electrons. The Morgan fingerprint density at radius 2 is 1.94 bits per heavy atom. The van der Waals surface area contributed by atoms with Crippen LogP contribution in [0.1, 0.15) is 13.8 Å². The number of hydrogen-bond donors (Lipinski definition) is 1. The van der Waals surface area contributed by atoms with Crippen molar-refractivity contribution in [1.29, 1.82) is 0 Å². The zero-order chi connectivity index (χ0) is 12.3. The standard InChI is InChI=1S/C12H18Cl2N2/c1-12(2,8-15-3)16(4)11-6-5-9(13)7-10(11)14/h5-7,15H,8H2,1-4H3. The maximum atomic E-state index is 6.18. The lowest BCUT2D eigenvalue weighted by Crippen LogP contribution is -2.48. The number of nitrogens with one attached hydrogen (secondary N) is 1. The van der Waals surface area contributed by atoms with Crippen LogP contribution in [-0.4, -0.2) is 26.2 Å². The molecule has 2 nitrogen and oxygen atoms in total. The average molecular weight is 261 g/mol. The molecule has 16 heavy (non-hydrogen) atoms. The summed E-state index contributed by atoms with van der Waals surface area (Å²) < 4.78 is 0. The molecule has 0 fully saturated rings. The summed E-state index contributed by atoms with van der Waals surface area (Å²) in [4.78, 5) is 2.15. The lowest BCUT2D eigenvalue weighted by Gasteiger charge is -2.38. The highest BCUT2D eigenvalue weighted by Gasteiger charge is 2.24. The van der Waals surface area contributed by atoms with Gasteiger partial charge >= 0.3 is 0 Å². The summed E-state index contributed by atoms with van der Waals surface area (Å²) in [6.45, 7) is 5.20. The van der Waals surface area contributed by atoms with Crippen LogP contribution in [0.5, 0.6) is 0 Å². The lowest BCUT2D eigenvalue weighted by molar-refractivity contribution is 0.463. The van der Waals surface area contributed by atoms with Crippen molar-refractivity contribution < 1.29 is 0 Å². The molecule has 0 amide bonds. The molecule has 0 spiro atoms. The summed E-state index contributed by atoms with van der Waals surface area (Å²) in [5.74, 6) is 0. The Balaban J connectivity index is 3.00. The molecule has 0 aliphatic carbocycles. The van der Waals surface area contributed by atoms with Gasteiger partial charge in [0.25, 0.3) is 0 Å². The van der Waals surface area contributed by atoms with Crippen LogP contribution in [0.15, 0.2) is 18.2 Å². The minimum atomic E-state index is -0.00772. The van der Waals surface area contributed by atoms with E-state index in [1.165, 1.54) is 0 Å². The summed E-state index contributed by atoms with van der Waals surface area (Å²) in [6.07, 6.45) is 0. The minimum Gasteiger partial charge on any atom is -0.367 e. The van der Waals surface area contributed by atoms with Gasteiger partial charge < -0.3 is 10.2 Å². The fraction of sp³-hybridized carbons (Fsp3) is 0.500. The fourth-order valence-electron chi connectivity index (χ4n) is 1.63. The van der Waals surface area contributed by atoms with Gasteiger partial charge in [-0.2, -0.15) is 0 Å². The van der Waals surface area contributed by atoms with Crippen LogP contribution >= 0.6 is 23.2 Å². The molecular formula is C12H18Cl2N2. The summed E-state index contributed by atoms with van der Waals surface area (Å²) in [7, 11) is 3.98. The maximum absolute atomic E-state index is 6.18. The van der Waals surface area contributed by atoms with Crippen LogP contribution in [0, 0.1) is 0 Å². The molecule has 0 atom stereocenters. The van der Waals surface area contributed by atoms with Crippen LogP contribution in [-0.2, 0) is 0 Å². The maximum Gasteiger partial charge on any atom is 0.0654 e. The molecule has 90 valence electrons. The van der Waals surface area contributed by atoms with Crippen LogP contribution in [0.3, 0.4) is 0 Å². The molecule has 0 aliphatic heterocycles. The number of halogens is 2. The first-order valence-electron chi connectivity index (χ1n) is 5.22. The van der Waals surface area contributed by atoms with E-state index in [9.17, 15) is 0 Å². The molecule has 0 aliphatic rings. The Morgan fingerprint density at radius 1 is 1.31 bits per heavy atom. The summed E-state index contributed by atoms with van der Waals surface area (Å²) in [6, 6.07) is 5.57. The zero-order valence-corrected chi connectivity index (χ0v) is 11.7. The van der Waals surface area contributed by atoms with Crippen molar-refractivity contribution in [1.82, 2.24) is 5.32 Å². The molecule has 1 aromatic rings. The zero-order valence-electron chi connectivity index (χ0n) is 10.1. The molecule has 0 saturated heterocycles. The summed E-state index contributed by atoms with van der Waals surface area (Å²) >= 11 is 12.1. The first kappa shape index (κ1) is 13.6. The number of nitrogens with zero attached hydrogens (tertiary/aromatic N) is 1. The van der Waals surface area contributed by atoms with Gasteiger partial charge in [0, 0.05) is 24.2 Å². The number of benzene rings is 1. The van der Waals surface area contributed by atoms with Crippen molar-refractivity contribution >= 4 is 28.9 Å². The van der Waals surface area contributed by atoms with Crippen molar-refractivity contribution in [3.05, 3.63) is 28.2 Å². The SMILES string of the molecule is CNCC(C)(C)N(C)c1ccc(Cl)cc1Cl. The molecule has 0 unspecified atom stereocenters. The van der Waals surface area contributed by atoms with Crippen LogP contribution in [0.2, 0.25) is 10.0 Å². The Hall–Kier alpha value is -0.440. The second-order valence-electron chi connectivity index (χ2n) is 4.50. The molecule has 0 bridgehead atoms. The van der Waals surface area contributed by atoms with Gasteiger partial charge in [-0.25, -0.2) is 0 Å². The number of rotatable bonds is 4. The second-order valence-corrected chi connectivity index (χ2v) is 5.34. The lowest BCUT2D eigenvalue weighted by atomic mass is 10.0. The van der Waals surface area contributed by atoms with E-state index in [0.717, 1.165) is 12.2 Å². The third-order valence-electron chi connectivity index (χ3n) is 2.79. The van der Waals surface area contributed by atoms with Crippen LogP contribution < -0.4 is 10.2 Å². The number of hydrogen-bond acceptors (Lipinski definition) is 2. The highest BCUT2D eigenvalue weighted by molar-refractivity contribution is 6.36. The van der Waals surface area contributed by atoms with E-state index in [1.807, 2.05) is 26.2 Å². The normalized spacial score (nSPS) is 11.6. The van der Waals surface area contributed by atoms with Gasteiger partial charge in [-0.05, 0) is 39.1 Å². The molecule has 1 aromatic carbocycles. The van der Waals surface area contributed by atoms with E-state index in [0.29, 0.717) is 10.0 Å². The van der Waals surface area contributed by atoms with Gasteiger partial charge in [0.15, 0.2) is 0 Å². The van der Waals surface area contributed by atoms with Gasteiger partial charge in [0.1, 0.15) is 0 Å². The minimum absolute atomic E-state index is 0.00772. The first-order chi connectivity index (χ1) is 7.38. The highest BCUT2D eigenvalue weighted by Crippen LogP contribution is 2.31. The largest absolute Gasteiger partial charge is 0.367 e. The van der Waals surface area contributed by atoms with Crippen molar-refractivity contribution in [2.24, 2.45) is 0 Å².